The van der Waals surface area contributed by atoms with E-state index in [9.17, 15) is 18.0 Å². The molecule has 0 spiro atoms. The van der Waals surface area contributed by atoms with Crippen LogP contribution < -0.4 is 10.6 Å². The Bertz CT molecular complexity index is 781. The number of amides is 2. The van der Waals surface area contributed by atoms with Gasteiger partial charge >= 0.3 is 0 Å². The topological polar surface area (TPSA) is 95.6 Å². The van der Waals surface area contributed by atoms with Gasteiger partial charge in [-0.05, 0) is 37.2 Å². The van der Waals surface area contributed by atoms with Gasteiger partial charge in [-0.3, -0.25) is 9.59 Å². The minimum Gasteiger partial charge on any atom is -0.356 e. The lowest BCUT2D eigenvalue weighted by Crippen LogP contribution is -2.39. The molecule has 8 heteroatoms. The molecule has 0 aromatic heterocycles. The second-order valence-corrected chi connectivity index (χ2v) is 9.52. The number of rotatable bonds is 6. The molecule has 1 saturated heterocycles. The summed E-state index contributed by atoms with van der Waals surface area (Å²) in [5, 5.41) is 5.88. The van der Waals surface area contributed by atoms with Crippen LogP contribution in [0.4, 0.5) is 0 Å². The summed E-state index contributed by atoms with van der Waals surface area (Å²) in [7, 11) is -3.43. The van der Waals surface area contributed by atoms with E-state index in [0.29, 0.717) is 25.9 Å². The van der Waals surface area contributed by atoms with E-state index in [1.165, 1.54) is 9.87 Å². The predicted octanol–water partition coefficient (Wildman–Crippen LogP) is 0.522. The zero-order valence-corrected chi connectivity index (χ0v) is 16.4. The maximum atomic E-state index is 12.5. The highest BCUT2D eigenvalue weighted by molar-refractivity contribution is 7.88. The Morgan fingerprint density at radius 3 is 2.70 bits per heavy atom. The van der Waals surface area contributed by atoms with Crippen LogP contribution in [0.5, 0.6) is 0 Å². The summed E-state index contributed by atoms with van der Waals surface area (Å²) in [5.41, 5.74) is 1.25. The molecular weight excluding hydrogens is 366 g/mol. The predicted molar refractivity (Wildman–Crippen MR) is 102 cm³/mol. The van der Waals surface area contributed by atoms with Gasteiger partial charge in [-0.15, -0.1) is 0 Å². The van der Waals surface area contributed by atoms with Crippen LogP contribution in [0.1, 0.15) is 24.8 Å². The number of hydrogen-bond acceptors (Lipinski definition) is 4. The second-order valence-electron chi connectivity index (χ2n) is 7.54. The lowest BCUT2D eigenvalue weighted by Gasteiger charge is -2.20. The number of nitrogens with zero attached hydrogens (tertiary/aromatic N) is 1. The van der Waals surface area contributed by atoms with Crippen LogP contribution in [-0.2, 0) is 26.0 Å². The van der Waals surface area contributed by atoms with E-state index < -0.39 is 10.0 Å². The van der Waals surface area contributed by atoms with E-state index in [0.717, 1.165) is 19.1 Å². The van der Waals surface area contributed by atoms with E-state index in [1.807, 2.05) is 18.2 Å². The minimum atomic E-state index is -3.43. The molecule has 2 fully saturated rings. The maximum absolute atomic E-state index is 12.5. The van der Waals surface area contributed by atoms with Gasteiger partial charge in [-0.2, -0.15) is 4.31 Å². The maximum Gasteiger partial charge on any atom is 0.235 e. The van der Waals surface area contributed by atoms with Crippen molar-refractivity contribution in [3.05, 3.63) is 35.9 Å². The minimum absolute atomic E-state index is 0.00344. The van der Waals surface area contributed by atoms with E-state index in [2.05, 4.69) is 22.8 Å². The van der Waals surface area contributed by atoms with Crippen molar-refractivity contribution in [2.45, 2.75) is 31.7 Å². The number of fused-ring (bicyclic) bond motifs is 1. The molecule has 1 aliphatic heterocycles. The van der Waals surface area contributed by atoms with Crippen molar-refractivity contribution < 1.29 is 18.0 Å². The molecule has 2 amide bonds. The van der Waals surface area contributed by atoms with E-state index in [-0.39, 0.29) is 36.2 Å². The van der Waals surface area contributed by atoms with Crippen molar-refractivity contribution in [2.75, 3.05) is 25.9 Å². The molecule has 1 aromatic rings. The number of carbonyl (C=O) groups excluding carboxylic acids is 2. The Morgan fingerprint density at radius 1 is 1.26 bits per heavy atom. The SMILES string of the molecule is CS(=O)(=O)N1CC(=O)N[C@@H]2C[C@@H](C(=O)NCCCc3ccccc3)C[C@@H]2C1. The summed E-state index contributed by atoms with van der Waals surface area (Å²) < 4.78 is 24.9. The molecule has 0 radical (unpaired) electrons. The van der Waals surface area contributed by atoms with Crippen LogP contribution >= 0.6 is 0 Å². The van der Waals surface area contributed by atoms with Crippen molar-refractivity contribution in [2.24, 2.45) is 11.8 Å². The van der Waals surface area contributed by atoms with Crippen LogP contribution in [0, 0.1) is 11.8 Å². The highest BCUT2D eigenvalue weighted by Crippen LogP contribution is 2.33. The van der Waals surface area contributed by atoms with Crippen LogP contribution in [0.15, 0.2) is 30.3 Å². The average Bonchev–Trinajstić information content (AvgIpc) is 2.93. The van der Waals surface area contributed by atoms with Crippen LogP contribution in [0.25, 0.3) is 0 Å². The Morgan fingerprint density at radius 2 is 2.00 bits per heavy atom. The third kappa shape index (κ3) is 5.29. The van der Waals surface area contributed by atoms with E-state index in [1.54, 1.807) is 0 Å². The summed E-state index contributed by atoms with van der Waals surface area (Å²) in [5.74, 6) is -0.504. The number of hydrogen-bond donors (Lipinski definition) is 2. The van der Waals surface area contributed by atoms with Gasteiger partial charge in [-0.1, -0.05) is 30.3 Å². The van der Waals surface area contributed by atoms with Gasteiger partial charge in [0.15, 0.2) is 0 Å². The third-order valence-corrected chi connectivity index (χ3v) is 6.64. The number of aryl methyl sites for hydroxylation is 1. The van der Waals surface area contributed by atoms with E-state index >= 15 is 0 Å². The molecule has 2 N–H and O–H groups in total. The molecule has 27 heavy (non-hydrogen) atoms. The third-order valence-electron chi connectivity index (χ3n) is 5.42. The first-order valence-electron chi connectivity index (χ1n) is 9.39. The molecule has 0 unspecified atom stereocenters. The Labute approximate surface area is 160 Å². The Kier molecular flexibility index (Phi) is 6.16. The monoisotopic (exact) mass is 393 g/mol. The summed E-state index contributed by atoms with van der Waals surface area (Å²) >= 11 is 0. The van der Waals surface area contributed by atoms with Crippen molar-refractivity contribution >= 4 is 21.8 Å². The average molecular weight is 394 g/mol. The van der Waals surface area contributed by atoms with Gasteiger partial charge < -0.3 is 10.6 Å². The van der Waals surface area contributed by atoms with Crippen molar-refractivity contribution in [3.63, 3.8) is 0 Å². The van der Waals surface area contributed by atoms with Gasteiger partial charge in [0.25, 0.3) is 0 Å². The molecule has 7 nitrogen and oxygen atoms in total. The van der Waals surface area contributed by atoms with Crippen LogP contribution in [-0.4, -0.2) is 56.5 Å². The molecule has 1 saturated carbocycles. The number of sulfonamides is 1. The zero-order chi connectivity index (χ0) is 19.4. The molecule has 2 aliphatic rings. The summed E-state index contributed by atoms with van der Waals surface area (Å²) in [6, 6.07) is 10.0. The summed E-state index contributed by atoms with van der Waals surface area (Å²) in [6.07, 6.45) is 4.07. The lowest BCUT2D eigenvalue weighted by atomic mass is 10.0. The van der Waals surface area contributed by atoms with Gasteiger partial charge in [0, 0.05) is 25.0 Å². The number of benzene rings is 1. The highest BCUT2D eigenvalue weighted by atomic mass is 32.2. The summed E-state index contributed by atoms with van der Waals surface area (Å²) in [4.78, 5) is 24.5. The van der Waals surface area contributed by atoms with E-state index in [4.69, 9.17) is 0 Å². The lowest BCUT2D eigenvalue weighted by molar-refractivity contribution is -0.125. The van der Waals surface area contributed by atoms with Gasteiger partial charge in [0.1, 0.15) is 0 Å². The molecule has 1 aromatic carbocycles. The van der Waals surface area contributed by atoms with Gasteiger partial charge in [0.05, 0.1) is 12.8 Å². The molecule has 3 atom stereocenters. The van der Waals surface area contributed by atoms with Crippen LogP contribution in [0.3, 0.4) is 0 Å². The first kappa shape index (κ1) is 19.8. The standard InChI is InChI=1S/C19H27N3O4S/c1-27(25,26)22-12-16-10-15(11-17(16)21-18(23)13-22)19(24)20-9-5-8-14-6-3-2-4-7-14/h2-4,6-7,15-17H,5,8-13H2,1H3,(H,20,24)(H,21,23)/t15-,16+,17+/m0/s1. The van der Waals surface area contributed by atoms with Crippen molar-refractivity contribution in [3.8, 4) is 0 Å². The smallest absolute Gasteiger partial charge is 0.235 e. The molecule has 148 valence electrons. The van der Waals surface area contributed by atoms with Crippen LogP contribution in [0.2, 0.25) is 0 Å². The van der Waals surface area contributed by atoms with Crippen molar-refractivity contribution in [1.29, 1.82) is 0 Å². The van der Waals surface area contributed by atoms with Gasteiger partial charge in [-0.25, -0.2) is 8.42 Å². The fourth-order valence-electron chi connectivity index (χ4n) is 4.00. The molecule has 1 aliphatic carbocycles. The number of carbonyl (C=O) groups is 2. The zero-order valence-electron chi connectivity index (χ0n) is 15.6. The fraction of sp³-hybridized carbons (Fsp3) is 0.579. The first-order chi connectivity index (χ1) is 12.8. The molecule has 0 bridgehead atoms. The Balaban J connectivity index is 1.49. The molecular formula is C19H27N3O4S. The largest absolute Gasteiger partial charge is 0.356 e. The summed E-state index contributed by atoms with van der Waals surface area (Å²) in [6.45, 7) is 0.767. The second kappa shape index (κ2) is 8.39. The highest BCUT2D eigenvalue weighted by Gasteiger charge is 2.42. The Hall–Kier alpha value is -1.93. The fourth-order valence-corrected chi connectivity index (χ4v) is 4.82. The van der Waals surface area contributed by atoms with Gasteiger partial charge in [0.2, 0.25) is 21.8 Å². The molecule has 3 rings (SSSR count). The normalized spacial score (nSPS) is 26.1. The quantitative estimate of drug-likeness (QED) is 0.689. The first-order valence-corrected chi connectivity index (χ1v) is 11.2. The van der Waals surface area contributed by atoms with Crippen molar-refractivity contribution in [1.82, 2.24) is 14.9 Å². The number of nitrogens with one attached hydrogen (secondary N) is 2. The molecule has 1 heterocycles.